The van der Waals surface area contributed by atoms with Crippen molar-refractivity contribution in [3.63, 3.8) is 0 Å². The second-order valence-electron chi connectivity index (χ2n) is 8.40. The molecule has 0 fully saturated rings. The Kier molecular flexibility index (Phi) is 7.23. The minimum Gasteiger partial charge on any atom is -0.457 e. The molecule has 0 amide bonds. The summed E-state index contributed by atoms with van der Waals surface area (Å²) in [6.07, 6.45) is 1.97. The number of fused-ring (bicyclic) bond motifs is 1. The summed E-state index contributed by atoms with van der Waals surface area (Å²) < 4.78 is 8.10. The van der Waals surface area contributed by atoms with E-state index in [0.717, 1.165) is 35.8 Å². The van der Waals surface area contributed by atoms with Crippen LogP contribution < -0.4 is 10.1 Å². The number of carbonyl (C=O) groups excluding carboxylic acids is 1. The summed E-state index contributed by atoms with van der Waals surface area (Å²) in [4.78, 5) is 23.6. The van der Waals surface area contributed by atoms with Crippen molar-refractivity contribution < 1.29 is 9.53 Å². The van der Waals surface area contributed by atoms with Gasteiger partial charge in [0.25, 0.3) is 0 Å². The standard InChI is InChI=1S/C27H31N5O2/c1-5-32(6-2)18-22(33)15-21-16-24(13-14-28-21)34-23-11-12-26-25(17-23)30-27(31(26)4)29-20-9-7-19(3)8-10-20/h7-14,16-17H,5-6,15,18H2,1-4H3,(H,29,30). The number of anilines is 2. The van der Waals surface area contributed by atoms with E-state index in [2.05, 4.69) is 48.1 Å². The van der Waals surface area contributed by atoms with Crippen LogP contribution in [0.1, 0.15) is 25.1 Å². The SMILES string of the molecule is CCN(CC)CC(=O)Cc1cc(Oc2ccc3c(c2)nc(Nc2ccc(C)cc2)n3C)ccn1. The number of nitrogens with one attached hydrogen (secondary N) is 1. The first-order valence-electron chi connectivity index (χ1n) is 11.6. The molecular formula is C27H31N5O2. The first kappa shape index (κ1) is 23.4. The molecule has 176 valence electrons. The van der Waals surface area contributed by atoms with E-state index < -0.39 is 0 Å². The van der Waals surface area contributed by atoms with Crippen LogP contribution in [0.3, 0.4) is 0 Å². The number of Topliss-reactive ketones (excluding diaryl/α,β-unsaturated/α-hetero) is 1. The Balaban J connectivity index is 1.47. The van der Waals surface area contributed by atoms with E-state index in [1.54, 1.807) is 12.3 Å². The maximum Gasteiger partial charge on any atom is 0.208 e. The summed E-state index contributed by atoms with van der Waals surface area (Å²) in [6, 6.07) is 17.7. The number of benzene rings is 2. The summed E-state index contributed by atoms with van der Waals surface area (Å²) in [5.74, 6) is 2.24. The van der Waals surface area contributed by atoms with E-state index in [4.69, 9.17) is 9.72 Å². The molecule has 4 aromatic rings. The second kappa shape index (κ2) is 10.5. The predicted octanol–water partition coefficient (Wildman–Crippen LogP) is 5.27. The third-order valence-corrected chi connectivity index (χ3v) is 5.86. The lowest BCUT2D eigenvalue weighted by molar-refractivity contribution is -0.119. The van der Waals surface area contributed by atoms with Gasteiger partial charge >= 0.3 is 0 Å². The number of ketones is 1. The number of carbonyl (C=O) groups is 1. The maximum atomic E-state index is 12.4. The monoisotopic (exact) mass is 457 g/mol. The van der Waals surface area contributed by atoms with Crippen LogP contribution >= 0.6 is 0 Å². The normalized spacial score (nSPS) is 11.2. The third kappa shape index (κ3) is 5.61. The first-order chi connectivity index (χ1) is 16.4. The molecule has 0 saturated carbocycles. The van der Waals surface area contributed by atoms with Crippen LogP contribution in [-0.2, 0) is 18.3 Å². The maximum absolute atomic E-state index is 12.4. The number of pyridine rings is 1. The highest BCUT2D eigenvalue weighted by Gasteiger charge is 2.12. The van der Waals surface area contributed by atoms with Gasteiger partial charge in [0.1, 0.15) is 11.5 Å². The smallest absolute Gasteiger partial charge is 0.208 e. The van der Waals surface area contributed by atoms with Crippen LogP contribution in [0.5, 0.6) is 11.5 Å². The van der Waals surface area contributed by atoms with Gasteiger partial charge < -0.3 is 14.6 Å². The van der Waals surface area contributed by atoms with Gasteiger partial charge in [0.05, 0.1) is 29.7 Å². The largest absolute Gasteiger partial charge is 0.457 e. The molecule has 0 saturated heterocycles. The second-order valence-corrected chi connectivity index (χ2v) is 8.40. The average molecular weight is 458 g/mol. The molecule has 2 heterocycles. The van der Waals surface area contributed by atoms with Gasteiger partial charge in [-0.15, -0.1) is 0 Å². The first-order valence-corrected chi connectivity index (χ1v) is 11.6. The van der Waals surface area contributed by atoms with Crippen LogP contribution in [0.4, 0.5) is 11.6 Å². The fraction of sp³-hybridized carbons (Fsp3) is 0.296. The van der Waals surface area contributed by atoms with Gasteiger partial charge in [0.15, 0.2) is 5.78 Å². The van der Waals surface area contributed by atoms with Crippen molar-refractivity contribution in [2.24, 2.45) is 7.05 Å². The van der Waals surface area contributed by atoms with Crippen molar-refractivity contribution in [2.45, 2.75) is 27.2 Å². The molecule has 0 unspecified atom stereocenters. The van der Waals surface area contributed by atoms with Gasteiger partial charge in [-0.2, -0.15) is 0 Å². The minimum absolute atomic E-state index is 0.150. The molecule has 7 nitrogen and oxygen atoms in total. The molecule has 0 aliphatic carbocycles. The molecule has 4 rings (SSSR count). The Morgan fingerprint density at radius 1 is 1.03 bits per heavy atom. The van der Waals surface area contributed by atoms with Gasteiger partial charge in [0.2, 0.25) is 5.95 Å². The molecule has 0 radical (unpaired) electrons. The van der Waals surface area contributed by atoms with Gasteiger partial charge in [-0.1, -0.05) is 31.5 Å². The molecular weight excluding hydrogens is 426 g/mol. The van der Waals surface area contributed by atoms with Gasteiger partial charge in [-0.3, -0.25) is 14.7 Å². The number of hydrogen-bond donors (Lipinski definition) is 1. The van der Waals surface area contributed by atoms with Crippen molar-refractivity contribution in [2.75, 3.05) is 25.0 Å². The Morgan fingerprint density at radius 2 is 1.76 bits per heavy atom. The summed E-state index contributed by atoms with van der Waals surface area (Å²) in [7, 11) is 1.98. The highest BCUT2D eigenvalue weighted by atomic mass is 16.5. The molecule has 0 spiro atoms. The number of imidazole rings is 1. The van der Waals surface area contributed by atoms with Crippen molar-refractivity contribution in [3.05, 3.63) is 72.1 Å². The molecule has 7 heteroatoms. The summed E-state index contributed by atoms with van der Waals surface area (Å²) >= 11 is 0. The van der Waals surface area contributed by atoms with E-state index in [1.165, 1.54) is 5.56 Å². The lowest BCUT2D eigenvalue weighted by Gasteiger charge is -2.16. The molecule has 34 heavy (non-hydrogen) atoms. The zero-order valence-corrected chi connectivity index (χ0v) is 20.2. The van der Waals surface area contributed by atoms with Crippen LogP contribution in [0, 0.1) is 6.92 Å². The Labute approximate surface area is 200 Å². The summed E-state index contributed by atoms with van der Waals surface area (Å²) in [5.41, 5.74) is 4.74. The lowest BCUT2D eigenvalue weighted by atomic mass is 10.2. The number of ether oxygens (including phenoxy) is 1. The van der Waals surface area contributed by atoms with E-state index in [1.807, 2.05) is 48.0 Å². The summed E-state index contributed by atoms with van der Waals surface area (Å²) in [5, 5.41) is 3.37. The number of aromatic nitrogens is 3. The van der Waals surface area contributed by atoms with Gasteiger partial charge in [0, 0.05) is 31.1 Å². The van der Waals surface area contributed by atoms with Crippen molar-refractivity contribution in [1.29, 1.82) is 0 Å². The predicted molar refractivity (Wildman–Crippen MR) is 136 cm³/mol. The minimum atomic E-state index is 0.150. The molecule has 0 atom stereocenters. The highest BCUT2D eigenvalue weighted by Crippen LogP contribution is 2.28. The molecule has 0 aliphatic rings. The molecule has 2 aromatic heterocycles. The topological polar surface area (TPSA) is 72.3 Å². The molecule has 1 N–H and O–H groups in total. The van der Waals surface area contributed by atoms with Crippen molar-refractivity contribution in [1.82, 2.24) is 19.4 Å². The highest BCUT2D eigenvalue weighted by molar-refractivity contribution is 5.82. The van der Waals surface area contributed by atoms with Crippen molar-refractivity contribution in [3.8, 4) is 11.5 Å². The fourth-order valence-corrected chi connectivity index (χ4v) is 3.83. The van der Waals surface area contributed by atoms with Gasteiger partial charge in [-0.25, -0.2) is 4.98 Å². The van der Waals surface area contributed by atoms with E-state index >= 15 is 0 Å². The molecule has 0 aliphatic heterocycles. The summed E-state index contributed by atoms with van der Waals surface area (Å²) in [6.45, 7) is 8.34. The van der Waals surface area contributed by atoms with E-state index in [0.29, 0.717) is 30.2 Å². The van der Waals surface area contributed by atoms with Crippen molar-refractivity contribution >= 4 is 28.5 Å². The Morgan fingerprint density at radius 3 is 2.50 bits per heavy atom. The van der Waals surface area contributed by atoms with E-state index in [9.17, 15) is 4.79 Å². The lowest BCUT2D eigenvalue weighted by Crippen LogP contribution is -2.30. The number of hydrogen-bond acceptors (Lipinski definition) is 6. The van der Waals surface area contributed by atoms with Crippen LogP contribution in [0.15, 0.2) is 60.8 Å². The molecule has 0 bridgehead atoms. The van der Waals surface area contributed by atoms with Gasteiger partial charge in [-0.05, 0) is 50.3 Å². The quantitative estimate of drug-likeness (QED) is 0.350. The Bertz CT molecular complexity index is 1280. The number of likely N-dealkylation sites (N-methyl/N-ethyl adjacent to an activating group) is 1. The number of nitrogens with zero attached hydrogens (tertiary/aromatic N) is 4. The zero-order valence-electron chi connectivity index (χ0n) is 20.2. The van der Waals surface area contributed by atoms with E-state index in [-0.39, 0.29) is 5.78 Å². The molecule has 2 aromatic carbocycles. The van der Waals surface area contributed by atoms with Crippen LogP contribution in [0.2, 0.25) is 0 Å². The Hall–Kier alpha value is -3.71. The van der Waals surface area contributed by atoms with Crippen LogP contribution in [-0.4, -0.2) is 44.9 Å². The average Bonchev–Trinajstić information content (AvgIpc) is 3.13. The number of aryl methyl sites for hydroxylation is 2. The van der Waals surface area contributed by atoms with Crippen LogP contribution in [0.25, 0.3) is 11.0 Å². The zero-order chi connectivity index (χ0) is 24.1. The fourth-order valence-electron chi connectivity index (χ4n) is 3.83. The third-order valence-electron chi connectivity index (χ3n) is 5.86. The number of rotatable bonds is 10.